The van der Waals surface area contributed by atoms with Crippen LogP contribution in [0.5, 0.6) is 5.75 Å². The molecule has 0 saturated carbocycles. The lowest BCUT2D eigenvalue weighted by Crippen LogP contribution is -2.25. The van der Waals surface area contributed by atoms with Crippen LogP contribution in [0.3, 0.4) is 0 Å². The smallest absolute Gasteiger partial charge is 0.337 e. The van der Waals surface area contributed by atoms with Crippen molar-refractivity contribution in [3.63, 3.8) is 0 Å². The van der Waals surface area contributed by atoms with Crippen LogP contribution in [0.2, 0.25) is 0 Å². The van der Waals surface area contributed by atoms with Crippen LogP contribution >= 0.6 is 0 Å². The molecule has 0 aliphatic carbocycles. The van der Waals surface area contributed by atoms with Gasteiger partial charge in [-0.25, -0.2) is 4.79 Å². The molecule has 0 N–H and O–H groups in total. The van der Waals surface area contributed by atoms with Crippen molar-refractivity contribution >= 4 is 12.0 Å². The van der Waals surface area contributed by atoms with Gasteiger partial charge in [-0.2, -0.15) is 0 Å². The zero-order chi connectivity index (χ0) is 11.5. The van der Waals surface area contributed by atoms with Gasteiger partial charge in [0.15, 0.2) is 0 Å². The number of carbonyl (C=O) groups excluding carboxylic acids is 1. The number of benzene rings is 1. The Balaban J connectivity index is 2.33. The molecular weight excluding hydrogens is 204 g/mol. The summed E-state index contributed by atoms with van der Waals surface area (Å²) in [6.07, 6.45) is 1.58. The maximum Gasteiger partial charge on any atom is 0.337 e. The van der Waals surface area contributed by atoms with Crippen LogP contribution in [0.4, 0.5) is 0 Å². The second kappa shape index (κ2) is 4.39. The molecule has 84 valence electrons. The number of esters is 1. The van der Waals surface area contributed by atoms with Gasteiger partial charge in [0.2, 0.25) is 0 Å². The van der Waals surface area contributed by atoms with Crippen LogP contribution in [0.15, 0.2) is 29.8 Å². The lowest BCUT2D eigenvalue weighted by Gasteiger charge is -2.23. The first-order valence-electron chi connectivity index (χ1n) is 5.36. The SMILES string of the molecule is CCOC(=O)C1=Cc2ccccc2OC1C. The molecule has 1 aromatic carbocycles. The predicted octanol–water partition coefficient (Wildman–Crippen LogP) is 2.41. The summed E-state index contributed by atoms with van der Waals surface area (Å²) in [5.41, 5.74) is 1.49. The number of carbonyl (C=O) groups is 1. The Morgan fingerprint density at radius 1 is 1.44 bits per heavy atom. The minimum Gasteiger partial charge on any atom is -0.485 e. The van der Waals surface area contributed by atoms with Crippen LogP contribution in [-0.2, 0) is 9.53 Å². The average molecular weight is 218 g/mol. The molecule has 1 unspecified atom stereocenters. The molecule has 16 heavy (non-hydrogen) atoms. The molecule has 1 atom stereocenters. The molecule has 1 heterocycles. The van der Waals surface area contributed by atoms with Gasteiger partial charge in [0.05, 0.1) is 12.2 Å². The van der Waals surface area contributed by atoms with Gasteiger partial charge in [0.25, 0.3) is 0 Å². The lowest BCUT2D eigenvalue weighted by molar-refractivity contribution is -0.139. The van der Waals surface area contributed by atoms with Crippen LogP contribution in [0.1, 0.15) is 19.4 Å². The van der Waals surface area contributed by atoms with E-state index >= 15 is 0 Å². The van der Waals surface area contributed by atoms with Crippen molar-refractivity contribution in [3.05, 3.63) is 35.4 Å². The van der Waals surface area contributed by atoms with Crippen molar-refractivity contribution in [3.8, 4) is 5.75 Å². The highest BCUT2D eigenvalue weighted by Crippen LogP contribution is 2.29. The van der Waals surface area contributed by atoms with Gasteiger partial charge in [-0.3, -0.25) is 0 Å². The summed E-state index contributed by atoms with van der Waals surface area (Å²) in [7, 11) is 0. The fourth-order valence-electron chi connectivity index (χ4n) is 1.69. The monoisotopic (exact) mass is 218 g/mol. The van der Waals surface area contributed by atoms with Gasteiger partial charge in [-0.05, 0) is 26.0 Å². The normalized spacial score (nSPS) is 18.1. The van der Waals surface area contributed by atoms with Gasteiger partial charge >= 0.3 is 5.97 Å². The third-order valence-corrected chi connectivity index (χ3v) is 2.48. The van der Waals surface area contributed by atoms with Crippen molar-refractivity contribution in [2.24, 2.45) is 0 Å². The minimum absolute atomic E-state index is 0.256. The Hall–Kier alpha value is -1.77. The second-order valence-corrected chi connectivity index (χ2v) is 3.62. The fraction of sp³-hybridized carbons (Fsp3) is 0.308. The molecule has 1 aliphatic rings. The molecule has 0 spiro atoms. The average Bonchev–Trinajstić information content (AvgIpc) is 2.28. The summed E-state index contributed by atoms with van der Waals surface area (Å²) in [4.78, 5) is 11.6. The van der Waals surface area contributed by atoms with E-state index in [1.165, 1.54) is 0 Å². The Morgan fingerprint density at radius 3 is 2.94 bits per heavy atom. The third kappa shape index (κ3) is 1.94. The largest absolute Gasteiger partial charge is 0.485 e. The maximum atomic E-state index is 11.6. The van der Waals surface area contributed by atoms with Crippen LogP contribution in [0, 0.1) is 0 Å². The predicted molar refractivity (Wildman–Crippen MR) is 61.1 cm³/mol. The van der Waals surface area contributed by atoms with Crippen molar-refractivity contribution < 1.29 is 14.3 Å². The van der Waals surface area contributed by atoms with Crippen molar-refractivity contribution in [1.29, 1.82) is 0 Å². The standard InChI is InChI=1S/C13H14O3/c1-3-15-13(14)11-8-10-6-4-5-7-12(10)16-9(11)2/h4-9H,3H2,1-2H3. The number of fused-ring (bicyclic) bond motifs is 1. The molecule has 0 radical (unpaired) electrons. The van der Waals surface area contributed by atoms with Gasteiger partial charge in [-0.15, -0.1) is 0 Å². The summed E-state index contributed by atoms with van der Waals surface area (Å²) in [5, 5.41) is 0. The van der Waals surface area contributed by atoms with Crippen LogP contribution in [0.25, 0.3) is 6.08 Å². The Morgan fingerprint density at radius 2 is 2.19 bits per heavy atom. The van der Waals surface area contributed by atoms with E-state index in [1.807, 2.05) is 37.3 Å². The molecule has 0 bridgehead atoms. The first-order chi connectivity index (χ1) is 7.72. The van der Waals surface area contributed by atoms with E-state index in [-0.39, 0.29) is 12.1 Å². The Kier molecular flexibility index (Phi) is 2.95. The summed E-state index contributed by atoms with van der Waals surface area (Å²) >= 11 is 0. The highest BCUT2D eigenvalue weighted by molar-refractivity contribution is 5.96. The van der Waals surface area contributed by atoms with Gasteiger partial charge in [-0.1, -0.05) is 18.2 Å². The molecule has 1 aromatic rings. The number of ether oxygens (including phenoxy) is 2. The van der Waals surface area contributed by atoms with E-state index in [9.17, 15) is 4.79 Å². The fourth-order valence-corrected chi connectivity index (χ4v) is 1.69. The number of hydrogen-bond donors (Lipinski definition) is 0. The zero-order valence-electron chi connectivity index (χ0n) is 9.40. The summed E-state index contributed by atoms with van der Waals surface area (Å²) in [6.45, 7) is 4.02. The molecule has 1 aliphatic heterocycles. The molecular formula is C13H14O3. The van der Waals surface area contributed by atoms with Gasteiger partial charge < -0.3 is 9.47 Å². The van der Waals surface area contributed by atoms with E-state index < -0.39 is 0 Å². The van der Waals surface area contributed by atoms with Crippen LogP contribution in [-0.4, -0.2) is 18.7 Å². The van der Waals surface area contributed by atoms with E-state index in [1.54, 1.807) is 6.92 Å². The molecule has 0 fully saturated rings. The second-order valence-electron chi connectivity index (χ2n) is 3.62. The van der Waals surface area contributed by atoms with Crippen LogP contribution < -0.4 is 4.74 Å². The lowest BCUT2D eigenvalue weighted by atomic mass is 10.0. The summed E-state index contributed by atoms with van der Waals surface area (Å²) in [5.74, 6) is 0.507. The van der Waals surface area contributed by atoms with Crippen molar-refractivity contribution in [1.82, 2.24) is 0 Å². The Bertz CT molecular complexity index is 435. The Labute approximate surface area is 94.7 Å². The number of rotatable bonds is 2. The van der Waals surface area contributed by atoms with Crippen molar-refractivity contribution in [2.75, 3.05) is 6.61 Å². The van der Waals surface area contributed by atoms with E-state index in [4.69, 9.17) is 9.47 Å². The first kappa shape index (κ1) is 10.7. The van der Waals surface area contributed by atoms with Crippen molar-refractivity contribution in [2.45, 2.75) is 20.0 Å². The molecule has 0 saturated heterocycles. The minimum atomic E-state index is -0.301. The summed E-state index contributed by atoms with van der Waals surface area (Å²) in [6, 6.07) is 7.64. The molecule has 3 heteroatoms. The molecule has 3 nitrogen and oxygen atoms in total. The van der Waals surface area contributed by atoms with E-state index in [2.05, 4.69) is 0 Å². The van der Waals surface area contributed by atoms with E-state index in [0.29, 0.717) is 12.2 Å². The van der Waals surface area contributed by atoms with Gasteiger partial charge in [0.1, 0.15) is 11.9 Å². The highest BCUT2D eigenvalue weighted by atomic mass is 16.5. The quantitative estimate of drug-likeness (QED) is 0.715. The van der Waals surface area contributed by atoms with Gasteiger partial charge in [0, 0.05) is 5.56 Å². The maximum absolute atomic E-state index is 11.6. The number of para-hydroxylation sites is 1. The topological polar surface area (TPSA) is 35.5 Å². The molecule has 0 aromatic heterocycles. The third-order valence-electron chi connectivity index (χ3n) is 2.48. The summed E-state index contributed by atoms with van der Waals surface area (Å²) < 4.78 is 10.6. The number of hydrogen-bond acceptors (Lipinski definition) is 3. The highest BCUT2D eigenvalue weighted by Gasteiger charge is 2.24. The molecule has 2 rings (SSSR count). The van der Waals surface area contributed by atoms with E-state index in [0.717, 1.165) is 11.3 Å². The first-order valence-corrected chi connectivity index (χ1v) is 5.36. The zero-order valence-corrected chi connectivity index (χ0v) is 9.40. The molecule has 0 amide bonds.